The van der Waals surface area contributed by atoms with Crippen LogP contribution < -0.4 is 4.74 Å². The predicted octanol–water partition coefficient (Wildman–Crippen LogP) is 3.43. The van der Waals surface area contributed by atoms with E-state index in [4.69, 9.17) is 4.74 Å². The molecule has 0 radical (unpaired) electrons. The summed E-state index contributed by atoms with van der Waals surface area (Å²) in [5.41, 5.74) is 1.75. The first-order valence-corrected chi connectivity index (χ1v) is 5.74. The highest BCUT2D eigenvalue weighted by Gasteiger charge is 2.16. The third kappa shape index (κ3) is 1.82. The summed E-state index contributed by atoms with van der Waals surface area (Å²) < 4.78 is 7.47. The van der Waals surface area contributed by atoms with E-state index in [0.29, 0.717) is 6.04 Å². The van der Waals surface area contributed by atoms with Gasteiger partial charge in [0.2, 0.25) is 0 Å². The Hall–Kier alpha value is -1.77. The molecule has 0 N–H and O–H groups in total. The van der Waals surface area contributed by atoms with Crippen LogP contribution >= 0.6 is 0 Å². The summed E-state index contributed by atoms with van der Waals surface area (Å²) in [5.74, 6) is 0.895. The van der Waals surface area contributed by atoms with Gasteiger partial charge in [-0.15, -0.1) is 0 Å². The lowest BCUT2D eigenvalue weighted by Crippen LogP contribution is -1.99. The summed E-state index contributed by atoms with van der Waals surface area (Å²) in [6.07, 6.45) is 1.92. The molecule has 2 rings (SSSR count). The molecule has 0 saturated heterocycles. The molecule has 2 aromatic rings. The number of hydrogen-bond donors (Lipinski definition) is 0. The van der Waals surface area contributed by atoms with Crippen LogP contribution in [0.1, 0.15) is 37.2 Å². The van der Waals surface area contributed by atoms with Crippen LogP contribution in [-0.2, 0) is 0 Å². The van der Waals surface area contributed by atoms with Gasteiger partial charge in [-0.05, 0) is 26.8 Å². The highest BCUT2D eigenvalue weighted by atomic mass is 16.5. The molecule has 90 valence electrons. The fourth-order valence-electron chi connectivity index (χ4n) is 2.13. The third-order valence-electron chi connectivity index (χ3n) is 2.97. The Balaban J connectivity index is 2.86. The van der Waals surface area contributed by atoms with E-state index in [0.717, 1.165) is 22.2 Å². The molecule has 0 bridgehead atoms. The molecule has 0 amide bonds. The van der Waals surface area contributed by atoms with Gasteiger partial charge in [0.1, 0.15) is 5.75 Å². The highest BCUT2D eigenvalue weighted by molar-refractivity contribution is 6.08. The van der Waals surface area contributed by atoms with Gasteiger partial charge in [-0.3, -0.25) is 4.79 Å². The van der Waals surface area contributed by atoms with Gasteiger partial charge in [-0.25, -0.2) is 0 Å². The van der Waals surface area contributed by atoms with Crippen LogP contribution in [0.15, 0.2) is 24.4 Å². The number of nitrogens with zero attached hydrogens (tertiary/aromatic N) is 1. The molecular weight excluding hydrogens is 214 g/mol. The normalized spacial score (nSPS) is 11.1. The summed E-state index contributed by atoms with van der Waals surface area (Å²) in [5, 5.41) is 0.963. The van der Waals surface area contributed by atoms with E-state index in [1.807, 2.05) is 24.4 Å². The molecule has 0 fully saturated rings. The van der Waals surface area contributed by atoms with E-state index in [-0.39, 0.29) is 5.78 Å². The molecule has 0 aliphatic rings. The number of hydrogen-bond acceptors (Lipinski definition) is 2. The monoisotopic (exact) mass is 231 g/mol. The molecule has 1 aromatic heterocycles. The van der Waals surface area contributed by atoms with Crippen molar-refractivity contribution in [2.75, 3.05) is 7.11 Å². The van der Waals surface area contributed by atoms with Gasteiger partial charge in [-0.1, -0.05) is 12.1 Å². The Labute approximate surface area is 101 Å². The van der Waals surface area contributed by atoms with Crippen molar-refractivity contribution >= 4 is 16.7 Å². The van der Waals surface area contributed by atoms with Gasteiger partial charge in [-0.2, -0.15) is 0 Å². The summed E-state index contributed by atoms with van der Waals surface area (Å²) in [6.45, 7) is 5.78. The molecular formula is C14H17NO2. The van der Waals surface area contributed by atoms with Crippen LogP contribution in [0.25, 0.3) is 10.9 Å². The average molecular weight is 231 g/mol. The number of ether oxygens (including phenoxy) is 1. The van der Waals surface area contributed by atoms with Crippen molar-refractivity contribution < 1.29 is 9.53 Å². The lowest BCUT2D eigenvalue weighted by molar-refractivity contribution is 0.101. The fraction of sp³-hybridized carbons (Fsp3) is 0.357. The van der Waals surface area contributed by atoms with E-state index in [2.05, 4.69) is 18.4 Å². The Kier molecular flexibility index (Phi) is 2.92. The van der Waals surface area contributed by atoms with Crippen molar-refractivity contribution in [2.45, 2.75) is 26.8 Å². The molecule has 0 saturated carbocycles. The zero-order valence-corrected chi connectivity index (χ0v) is 10.7. The topological polar surface area (TPSA) is 31.2 Å². The van der Waals surface area contributed by atoms with Gasteiger partial charge in [0.25, 0.3) is 0 Å². The molecule has 0 aliphatic heterocycles. The minimum Gasteiger partial charge on any atom is -0.495 e. The lowest BCUT2D eigenvalue weighted by atomic mass is 10.1. The number of benzene rings is 1. The van der Waals surface area contributed by atoms with Gasteiger partial charge in [0.15, 0.2) is 5.78 Å². The Morgan fingerprint density at radius 3 is 2.59 bits per heavy atom. The fourth-order valence-corrected chi connectivity index (χ4v) is 2.13. The summed E-state index contributed by atoms with van der Waals surface area (Å²) in [7, 11) is 1.65. The van der Waals surface area contributed by atoms with E-state index in [1.165, 1.54) is 0 Å². The predicted molar refractivity (Wildman–Crippen MR) is 68.9 cm³/mol. The molecule has 0 unspecified atom stereocenters. The van der Waals surface area contributed by atoms with E-state index in [9.17, 15) is 4.79 Å². The van der Waals surface area contributed by atoms with Crippen LogP contribution in [0.4, 0.5) is 0 Å². The summed E-state index contributed by atoms with van der Waals surface area (Å²) in [6, 6.07) is 6.10. The van der Waals surface area contributed by atoms with E-state index >= 15 is 0 Å². The molecule has 3 nitrogen and oxygen atoms in total. The van der Waals surface area contributed by atoms with Crippen molar-refractivity contribution in [3.63, 3.8) is 0 Å². The van der Waals surface area contributed by atoms with Crippen LogP contribution in [-0.4, -0.2) is 17.5 Å². The number of carbonyl (C=O) groups excluding carboxylic acids is 1. The van der Waals surface area contributed by atoms with Crippen molar-refractivity contribution in [1.29, 1.82) is 0 Å². The lowest BCUT2D eigenvalue weighted by Gasteiger charge is -2.11. The molecule has 0 spiro atoms. The van der Waals surface area contributed by atoms with Crippen LogP contribution in [0.2, 0.25) is 0 Å². The van der Waals surface area contributed by atoms with Crippen LogP contribution in [0, 0.1) is 0 Å². The number of methoxy groups -OCH3 is 1. The number of Topliss-reactive ketones (excluding diaryl/α,β-unsaturated/α-hetero) is 1. The van der Waals surface area contributed by atoms with Crippen LogP contribution in [0.3, 0.4) is 0 Å². The van der Waals surface area contributed by atoms with Crippen molar-refractivity contribution in [3.05, 3.63) is 30.0 Å². The maximum absolute atomic E-state index is 11.6. The summed E-state index contributed by atoms with van der Waals surface area (Å²) >= 11 is 0. The quantitative estimate of drug-likeness (QED) is 0.758. The van der Waals surface area contributed by atoms with E-state index in [1.54, 1.807) is 14.0 Å². The molecule has 1 heterocycles. The largest absolute Gasteiger partial charge is 0.495 e. The van der Waals surface area contributed by atoms with Crippen molar-refractivity contribution in [2.24, 2.45) is 0 Å². The van der Waals surface area contributed by atoms with Gasteiger partial charge < -0.3 is 9.30 Å². The molecule has 0 aliphatic carbocycles. The SMILES string of the molecule is COc1cccc2c(C(C)=O)cn(C(C)C)c12. The Morgan fingerprint density at radius 2 is 2.06 bits per heavy atom. The van der Waals surface area contributed by atoms with Crippen molar-refractivity contribution in [1.82, 2.24) is 4.57 Å². The smallest absolute Gasteiger partial charge is 0.161 e. The molecule has 1 aromatic carbocycles. The zero-order chi connectivity index (χ0) is 12.6. The standard InChI is InChI=1S/C14H17NO2/c1-9(2)15-8-12(10(3)16)11-6-5-7-13(17-4)14(11)15/h5-9H,1-4H3. The molecule has 17 heavy (non-hydrogen) atoms. The number of aromatic nitrogens is 1. The second kappa shape index (κ2) is 4.24. The molecule has 0 atom stereocenters. The number of rotatable bonds is 3. The third-order valence-corrected chi connectivity index (χ3v) is 2.97. The molecule has 3 heteroatoms. The zero-order valence-electron chi connectivity index (χ0n) is 10.7. The Bertz CT molecular complexity index is 567. The first kappa shape index (κ1) is 11.7. The number of ketones is 1. The van der Waals surface area contributed by atoms with Gasteiger partial charge in [0.05, 0.1) is 12.6 Å². The van der Waals surface area contributed by atoms with Gasteiger partial charge >= 0.3 is 0 Å². The van der Waals surface area contributed by atoms with Crippen LogP contribution in [0.5, 0.6) is 5.75 Å². The van der Waals surface area contributed by atoms with Gasteiger partial charge in [0, 0.05) is 23.2 Å². The number of fused-ring (bicyclic) bond motifs is 1. The van der Waals surface area contributed by atoms with E-state index < -0.39 is 0 Å². The average Bonchev–Trinajstić information content (AvgIpc) is 2.68. The second-order valence-corrected chi connectivity index (χ2v) is 4.46. The first-order chi connectivity index (χ1) is 8.06. The maximum Gasteiger partial charge on any atom is 0.161 e. The minimum absolute atomic E-state index is 0.0858. The second-order valence-electron chi connectivity index (χ2n) is 4.46. The summed E-state index contributed by atoms with van der Waals surface area (Å²) in [4.78, 5) is 11.6. The number of carbonyl (C=O) groups is 1. The maximum atomic E-state index is 11.6. The first-order valence-electron chi connectivity index (χ1n) is 5.74. The minimum atomic E-state index is 0.0858. The highest BCUT2D eigenvalue weighted by Crippen LogP contribution is 2.32. The van der Waals surface area contributed by atoms with Crippen molar-refractivity contribution in [3.8, 4) is 5.75 Å². The Morgan fingerprint density at radius 1 is 1.35 bits per heavy atom. The number of para-hydroxylation sites is 1.